The molecule has 0 bridgehead atoms. The highest BCUT2D eigenvalue weighted by Crippen LogP contribution is 2.45. The molecule has 0 radical (unpaired) electrons. The normalized spacial score (nSPS) is 16.6. The van der Waals surface area contributed by atoms with Gasteiger partial charge in [0.25, 0.3) is 0 Å². The minimum Gasteiger partial charge on any atom is -0.256 e. The van der Waals surface area contributed by atoms with E-state index in [-0.39, 0.29) is 5.56 Å². The number of alkyl halides is 5. The molecule has 0 saturated heterocycles. The zero-order valence-electron chi connectivity index (χ0n) is 17.3. The van der Waals surface area contributed by atoms with Crippen molar-refractivity contribution in [1.29, 1.82) is 0 Å². The summed E-state index contributed by atoms with van der Waals surface area (Å²) in [5.74, 6) is -7.32. The zero-order valence-corrected chi connectivity index (χ0v) is 18.1. The van der Waals surface area contributed by atoms with E-state index in [0.717, 1.165) is 22.2 Å². The molecule has 2 aromatic heterocycles. The summed E-state index contributed by atoms with van der Waals surface area (Å²) in [6.45, 7) is 0. The van der Waals surface area contributed by atoms with E-state index in [4.69, 9.17) is 0 Å². The Kier molecular flexibility index (Phi) is 6.28. The van der Waals surface area contributed by atoms with Crippen molar-refractivity contribution in [2.45, 2.75) is 29.6 Å². The number of hydrogen-bond acceptors (Lipinski definition) is 5. The molecular formula is C22H15F7N4S. The average molecular weight is 500 g/mol. The number of anilines is 1. The van der Waals surface area contributed by atoms with Gasteiger partial charge >= 0.3 is 12.1 Å². The molecule has 0 aliphatic carbocycles. The molecule has 0 amide bonds. The molecule has 1 atom stereocenters. The predicted octanol–water partition coefficient (Wildman–Crippen LogP) is 6.65. The third-order valence-corrected chi connectivity index (χ3v) is 5.86. The topological polar surface area (TPSA) is 41.4 Å². The van der Waals surface area contributed by atoms with E-state index in [0.29, 0.717) is 17.3 Å². The highest BCUT2D eigenvalue weighted by atomic mass is 32.2. The van der Waals surface area contributed by atoms with Gasteiger partial charge in [-0.1, -0.05) is 0 Å². The van der Waals surface area contributed by atoms with Gasteiger partial charge in [0.15, 0.2) is 5.82 Å². The van der Waals surface area contributed by atoms with Crippen molar-refractivity contribution < 1.29 is 30.7 Å². The SMILES string of the molecule is CSc1ccc(-c2cc(C3CC(C(F)(F)C(F)(F)F)=NN3c3ccc(F)cc3F)ccn2)cn1. The second kappa shape index (κ2) is 8.90. The maximum absolute atomic E-state index is 14.5. The minimum atomic E-state index is -5.89. The summed E-state index contributed by atoms with van der Waals surface area (Å²) in [6, 6.07) is 7.45. The molecule has 1 unspecified atom stereocenters. The van der Waals surface area contributed by atoms with Crippen LogP contribution in [0.15, 0.2) is 65.0 Å². The van der Waals surface area contributed by atoms with Gasteiger partial charge in [-0.2, -0.15) is 27.1 Å². The van der Waals surface area contributed by atoms with Crippen molar-refractivity contribution >= 4 is 23.2 Å². The van der Waals surface area contributed by atoms with E-state index in [2.05, 4.69) is 15.1 Å². The van der Waals surface area contributed by atoms with Crippen molar-refractivity contribution in [1.82, 2.24) is 9.97 Å². The molecule has 34 heavy (non-hydrogen) atoms. The smallest absolute Gasteiger partial charge is 0.256 e. The standard InChI is InChI=1S/C22H15F7N4S/c1-34-20-5-2-13(11-31-20)16-8-12(6-7-30-16)18-10-19(21(25,26)22(27,28)29)32-33(18)17-4-3-14(23)9-15(17)24/h2-9,11,18H,10H2,1H3. The molecule has 3 aromatic rings. The fourth-order valence-corrected chi connectivity index (χ4v) is 3.84. The molecule has 0 saturated carbocycles. The first-order valence-corrected chi connectivity index (χ1v) is 11.0. The van der Waals surface area contributed by atoms with Crippen molar-refractivity contribution in [3.63, 3.8) is 0 Å². The summed E-state index contributed by atoms with van der Waals surface area (Å²) in [7, 11) is 0. The van der Waals surface area contributed by atoms with Crippen molar-refractivity contribution in [2.24, 2.45) is 5.10 Å². The highest BCUT2D eigenvalue weighted by molar-refractivity contribution is 7.98. The molecule has 1 aliphatic rings. The largest absolute Gasteiger partial charge is 0.459 e. The summed E-state index contributed by atoms with van der Waals surface area (Å²) < 4.78 is 95.2. The van der Waals surface area contributed by atoms with Crippen LogP contribution in [-0.2, 0) is 0 Å². The van der Waals surface area contributed by atoms with Crippen LogP contribution in [0.5, 0.6) is 0 Å². The summed E-state index contributed by atoms with van der Waals surface area (Å²) in [5.41, 5.74) is -0.687. The monoisotopic (exact) mass is 500 g/mol. The first-order chi connectivity index (χ1) is 16.0. The first-order valence-electron chi connectivity index (χ1n) is 9.74. The Morgan fingerprint density at radius 3 is 2.35 bits per heavy atom. The number of halogens is 7. The van der Waals surface area contributed by atoms with Crippen molar-refractivity contribution in [3.05, 3.63) is 72.1 Å². The molecule has 3 heterocycles. The molecule has 1 aliphatic heterocycles. The van der Waals surface area contributed by atoms with E-state index in [1.807, 2.05) is 6.26 Å². The minimum absolute atomic E-state index is 0.263. The Balaban J connectivity index is 1.77. The molecule has 178 valence electrons. The molecule has 4 rings (SSSR count). The molecule has 0 fully saturated rings. The molecule has 4 nitrogen and oxygen atoms in total. The second-order valence-electron chi connectivity index (χ2n) is 7.34. The summed E-state index contributed by atoms with van der Waals surface area (Å²) in [4.78, 5) is 8.45. The second-order valence-corrected chi connectivity index (χ2v) is 8.17. The molecule has 12 heteroatoms. The zero-order chi connectivity index (χ0) is 24.7. The van der Waals surface area contributed by atoms with Crippen LogP contribution in [0.1, 0.15) is 18.0 Å². The number of benzene rings is 1. The van der Waals surface area contributed by atoms with Crippen LogP contribution < -0.4 is 5.01 Å². The molecule has 0 spiro atoms. The van der Waals surface area contributed by atoms with Gasteiger partial charge in [-0.05, 0) is 48.2 Å². The van der Waals surface area contributed by atoms with Gasteiger partial charge in [0.05, 0.1) is 22.4 Å². The number of pyridine rings is 2. The lowest BCUT2D eigenvalue weighted by atomic mass is 9.98. The Hall–Kier alpha value is -3.15. The third kappa shape index (κ3) is 4.46. The Morgan fingerprint density at radius 1 is 0.971 bits per heavy atom. The predicted molar refractivity (Wildman–Crippen MR) is 114 cm³/mol. The molecular weight excluding hydrogens is 485 g/mol. The van der Waals surface area contributed by atoms with E-state index < -0.39 is 47.6 Å². The van der Waals surface area contributed by atoms with Gasteiger partial charge in [-0.15, -0.1) is 11.8 Å². The Morgan fingerprint density at radius 2 is 1.74 bits per heavy atom. The van der Waals surface area contributed by atoms with Gasteiger partial charge in [0, 0.05) is 30.4 Å². The van der Waals surface area contributed by atoms with Crippen LogP contribution in [0.2, 0.25) is 0 Å². The van der Waals surface area contributed by atoms with Crippen LogP contribution in [0, 0.1) is 11.6 Å². The Bertz CT molecular complexity index is 1230. The van der Waals surface area contributed by atoms with E-state index >= 15 is 0 Å². The van der Waals surface area contributed by atoms with Crippen LogP contribution in [0.4, 0.5) is 36.4 Å². The van der Waals surface area contributed by atoms with Crippen LogP contribution >= 0.6 is 11.8 Å². The lowest BCUT2D eigenvalue weighted by Crippen LogP contribution is -2.43. The number of hydrogen-bond donors (Lipinski definition) is 0. The van der Waals surface area contributed by atoms with E-state index in [1.165, 1.54) is 30.1 Å². The summed E-state index contributed by atoms with van der Waals surface area (Å²) in [5, 5.41) is 4.92. The quantitative estimate of drug-likeness (QED) is 0.291. The van der Waals surface area contributed by atoms with Crippen LogP contribution in [-0.4, -0.2) is 34.0 Å². The van der Waals surface area contributed by atoms with Crippen LogP contribution in [0.25, 0.3) is 11.3 Å². The maximum Gasteiger partial charge on any atom is 0.459 e. The van der Waals surface area contributed by atoms with Gasteiger partial charge < -0.3 is 0 Å². The van der Waals surface area contributed by atoms with E-state index in [1.54, 1.807) is 18.3 Å². The lowest BCUT2D eigenvalue weighted by Gasteiger charge is -2.24. The number of nitrogens with zero attached hydrogens (tertiary/aromatic N) is 4. The van der Waals surface area contributed by atoms with Crippen LogP contribution in [0.3, 0.4) is 0 Å². The number of hydrazone groups is 1. The summed E-state index contributed by atoms with van der Waals surface area (Å²) >= 11 is 1.42. The van der Waals surface area contributed by atoms with Gasteiger partial charge in [0.1, 0.15) is 11.5 Å². The van der Waals surface area contributed by atoms with Gasteiger partial charge in [-0.3, -0.25) is 9.99 Å². The fourth-order valence-electron chi connectivity index (χ4n) is 3.48. The molecule has 1 aromatic carbocycles. The van der Waals surface area contributed by atoms with Crippen molar-refractivity contribution in [3.8, 4) is 11.3 Å². The number of rotatable bonds is 5. The average Bonchev–Trinajstić information content (AvgIpc) is 3.24. The Labute approximate surface area is 193 Å². The number of aromatic nitrogens is 2. The van der Waals surface area contributed by atoms with Crippen molar-refractivity contribution in [2.75, 3.05) is 11.3 Å². The summed E-state index contributed by atoms with van der Waals surface area (Å²) in [6.07, 6.45) is -1.98. The third-order valence-electron chi connectivity index (χ3n) is 5.20. The number of thioether (sulfide) groups is 1. The van der Waals surface area contributed by atoms with Gasteiger partial charge in [-0.25, -0.2) is 13.8 Å². The first kappa shape index (κ1) is 24.0. The lowest BCUT2D eigenvalue weighted by molar-refractivity contribution is -0.249. The fraction of sp³-hybridized carbons (Fsp3) is 0.227. The maximum atomic E-state index is 14.5. The highest BCUT2D eigenvalue weighted by Gasteiger charge is 2.63. The molecule has 0 N–H and O–H groups in total. The van der Waals surface area contributed by atoms with E-state index in [9.17, 15) is 30.7 Å². The van der Waals surface area contributed by atoms with Gasteiger partial charge in [0.2, 0.25) is 0 Å².